The van der Waals surface area contributed by atoms with E-state index >= 15 is 0 Å². The second kappa shape index (κ2) is 6.93. The molecule has 1 nitrogen and oxygen atoms in total. The molecule has 0 aliphatic rings. The van der Waals surface area contributed by atoms with Gasteiger partial charge in [0.25, 0.3) is 0 Å². The molecule has 1 aromatic carbocycles. The van der Waals surface area contributed by atoms with E-state index in [1.807, 2.05) is 0 Å². The number of nitrogens with two attached hydrogens (primary N) is 1. The van der Waals surface area contributed by atoms with E-state index in [9.17, 15) is 0 Å². The van der Waals surface area contributed by atoms with E-state index in [-0.39, 0.29) is 18.4 Å². The average Bonchev–Trinajstić information content (AvgIpc) is 2.21. The van der Waals surface area contributed by atoms with Gasteiger partial charge >= 0.3 is 0 Å². The Bertz CT molecular complexity index is 354. The Morgan fingerprint density at radius 1 is 1.25 bits per heavy atom. The van der Waals surface area contributed by atoms with E-state index in [1.54, 1.807) is 12.1 Å². The first-order valence-corrected chi connectivity index (χ1v) is 6.00. The Hall–Kier alpha value is 0.340. The molecular formula is C11H15Cl4N. The summed E-state index contributed by atoms with van der Waals surface area (Å²) < 4.78 is 0. The van der Waals surface area contributed by atoms with Crippen molar-refractivity contribution in [2.24, 2.45) is 11.7 Å². The summed E-state index contributed by atoms with van der Waals surface area (Å²) in [7, 11) is 0. The summed E-state index contributed by atoms with van der Waals surface area (Å²) in [6.07, 6.45) is 0.988. The van der Waals surface area contributed by atoms with E-state index in [1.165, 1.54) is 0 Å². The van der Waals surface area contributed by atoms with Gasteiger partial charge in [0.05, 0.1) is 10.0 Å². The zero-order chi connectivity index (χ0) is 11.6. The molecule has 92 valence electrons. The van der Waals surface area contributed by atoms with Crippen molar-refractivity contribution < 1.29 is 0 Å². The summed E-state index contributed by atoms with van der Waals surface area (Å²) in [5.74, 6) is 0.344. The summed E-state index contributed by atoms with van der Waals surface area (Å²) in [5, 5.41) is 1.53. The molecule has 1 aromatic rings. The molecule has 0 saturated carbocycles. The summed E-state index contributed by atoms with van der Waals surface area (Å²) in [6.45, 7) is 4.17. The maximum absolute atomic E-state index is 6.09. The predicted molar refractivity (Wildman–Crippen MR) is 75.1 cm³/mol. The minimum absolute atomic E-state index is 0. The third kappa shape index (κ3) is 3.68. The van der Waals surface area contributed by atoms with Gasteiger partial charge in [0, 0.05) is 11.1 Å². The quantitative estimate of drug-likeness (QED) is 0.771. The van der Waals surface area contributed by atoms with Gasteiger partial charge in [-0.2, -0.15) is 0 Å². The largest absolute Gasteiger partial charge is 0.324 e. The molecule has 0 amide bonds. The fraction of sp³-hybridized carbons (Fsp3) is 0.455. The Balaban J connectivity index is 0.00000225. The van der Waals surface area contributed by atoms with Gasteiger partial charge in [-0.3, -0.25) is 0 Å². The normalized spacial score (nSPS) is 14.1. The molecule has 5 heteroatoms. The highest BCUT2D eigenvalue weighted by Gasteiger charge is 2.18. The number of rotatable bonds is 3. The molecule has 0 radical (unpaired) electrons. The molecule has 0 aliphatic carbocycles. The molecule has 1 rings (SSSR count). The lowest BCUT2D eigenvalue weighted by Crippen LogP contribution is -2.19. The van der Waals surface area contributed by atoms with Gasteiger partial charge in [0.1, 0.15) is 0 Å². The second-order valence-electron chi connectivity index (χ2n) is 3.70. The van der Waals surface area contributed by atoms with Crippen LogP contribution in [-0.4, -0.2) is 0 Å². The Labute approximate surface area is 118 Å². The highest BCUT2D eigenvalue weighted by atomic mass is 35.5. The predicted octanol–water partition coefficient (Wildman–Crippen LogP) is 5.11. The smallest absolute Gasteiger partial charge is 0.0641 e. The third-order valence-electron chi connectivity index (χ3n) is 2.64. The van der Waals surface area contributed by atoms with Crippen molar-refractivity contribution in [3.63, 3.8) is 0 Å². The number of hydrogen-bond acceptors (Lipinski definition) is 1. The van der Waals surface area contributed by atoms with Gasteiger partial charge in [-0.1, -0.05) is 55.1 Å². The van der Waals surface area contributed by atoms with Crippen LogP contribution in [0.5, 0.6) is 0 Å². The number of hydrogen-bond donors (Lipinski definition) is 1. The molecule has 0 aromatic heterocycles. The first-order valence-electron chi connectivity index (χ1n) is 4.87. The van der Waals surface area contributed by atoms with Crippen LogP contribution in [0.4, 0.5) is 0 Å². The summed E-state index contributed by atoms with van der Waals surface area (Å²) >= 11 is 17.9. The van der Waals surface area contributed by atoms with Crippen LogP contribution in [-0.2, 0) is 0 Å². The third-order valence-corrected chi connectivity index (χ3v) is 3.67. The van der Waals surface area contributed by atoms with E-state index in [2.05, 4.69) is 13.8 Å². The minimum Gasteiger partial charge on any atom is -0.324 e. The summed E-state index contributed by atoms with van der Waals surface area (Å²) in [5.41, 5.74) is 6.91. The average molecular weight is 303 g/mol. The molecule has 0 spiro atoms. The van der Waals surface area contributed by atoms with Crippen LogP contribution in [0.25, 0.3) is 0 Å². The van der Waals surface area contributed by atoms with Crippen LogP contribution < -0.4 is 5.73 Å². The van der Waals surface area contributed by atoms with Gasteiger partial charge < -0.3 is 5.73 Å². The lowest BCUT2D eigenvalue weighted by atomic mass is 9.93. The van der Waals surface area contributed by atoms with Crippen molar-refractivity contribution in [1.29, 1.82) is 0 Å². The molecule has 0 fully saturated rings. The molecule has 2 N–H and O–H groups in total. The molecule has 1 unspecified atom stereocenters. The molecule has 2 atom stereocenters. The van der Waals surface area contributed by atoms with Gasteiger partial charge in [-0.15, -0.1) is 12.4 Å². The zero-order valence-corrected chi connectivity index (χ0v) is 12.2. The fourth-order valence-electron chi connectivity index (χ4n) is 1.38. The van der Waals surface area contributed by atoms with Crippen LogP contribution in [0.3, 0.4) is 0 Å². The van der Waals surface area contributed by atoms with Crippen molar-refractivity contribution in [3.05, 3.63) is 32.8 Å². The molecule has 0 aliphatic heterocycles. The number of halogens is 4. The molecule has 16 heavy (non-hydrogen) atoms. The first kappa shape index (κ1) is 16.3. The van der Waals surface area contributed by atoms with Gasteiger partial charge in [-0.05, 0) is 23.6 Å². The fourth-order valence-corrected chi connectivity index (χ4v) is 2.12. The van der Waals surface area contributed by atoms with Crippen molar-refractivity contribution >= 4 is 47.2 Å². The van der Waals surface area contributed by atoms with E-state index < -0.39 is 0 Å². The second-order valence-corrected chi connectivity index (χ2v) is 4.92. The maximum atomic E-state index is 6.09. The molecule has 0 saturated heterocycles. The zero-order valence-electron chi connectivity index (χ0n) is 9.14. The van der Waals surface area contributed by atoms with E-state index in [0.717, 1.165) is 12.0 Å². The van der Waals surface area contributed by atoms with Crippen molar-refractivity contribution in [2.75, 3.05) is 0 Å². The molecular weight excluding hydrogens is 288 g/mol. The summed E-state index contributed by atoms with van der Waals surface area (Å²) in [4.78, 5) is 0. The lowest BCUT2D eigenvalue weighted by molar-refractivity contribution is 0.457. The van der Waals surface area contributed by atoms with E-state index in [0.29, 0.717) is 21.0 Å². The highest BCUT2D eigenvalue weighted by Crippen LogP contribution is 2.35. The van der Waals surface area contributed by atoms with E-state index in [4.69, 9.17) is 40.5 Å². The SMILES string of the molecule is CCC(C)[C@@H](N)c1cc(Cl)cc(Cl)c1Cl.Cl. The Morgan fingerprint density at radius 2 is 1.81 bits per heavy atom. The van der Waals surface area contributed by atoms with Crippen LogP contribution in [0.15, 0.2) is 12.1 Å². The maximum Gasteiger partial charge on any atom is 0.0641 e. The monoisotopic (exact) mass is 301 g/mol. The van der Waals surface area contributed by atoms with Crippen molar-refractivity contribution in [1.82, 2.24) is 0 Å². The lowest BCUT2D eigenvalue weighted by Gasteiger charge is -2.20. The van der Waals surface area contributed by atoms with Crippen LogP contribution in [0, 0.1) is 5.92 Å². The molecule has 0 heterocycles. The van der Waals surface area contributed by atoms with Crippen molar-refractivity contribution in [3.8, 4) is 0 Å². The van der Waals surface area contributed by atoms with Gasteiger partial charge in [-0.25, -0.2) is 0 Å². The van der Waals surface area contributed by atoms with Crippen molar-refractivity contribution in [2.45, 2.75) is 26.3 Å². The minimum atomic E-state index is -0.126. The number of benzene rings is 1. The van der Waals surface area contributed by atoms with Crippen LogP contribution >= 0.6 is 47.2 Å². The first-order chi connectivity index (χ1) is 6.97. The van der Waals surface area contributed by atoms with Crippen LogP contribution in [0.1, 0.15) is 31.9 Å². The van der Waals surface area contributed by atoms with Crippen LogP contribution in [0.2, 0.25) is 15.1 Å². The standard InChI is InChI=1S/C11H14Cl3N.ClH/c1-3-6(2)11(15)8-4-7(12)5-9(13)10(8)14;/h4-6,11H,3,15H2,1-2H3;1H/t6?,11-;/m1./s1. The molecule has 0 bridgehead atoms. The Morgan fingerprint density at radius 3 is 2.31 bits per heavy atom. The topological polar surface area (TPSA) is 26.0 Å². The summed E-state index contributed by atoms with van der Waals surface area (Å²) in [6, 6.07) is 3.28. The Kier molecular flexibility index (Phi) is 7.07. The van der Waals surface area contributed by atoms with Gasteiger partial charge in [0.15, 0.2) is 0 Å². The van der Waals surface area contributed by atoms with Gasteiger partial charge in [0.2, 0.25) is 0 Å². The highest BCUT2D eigenvalue weighted by molar-refractivity contribution is 6.43.